The van der Waals surface area contributed by atoms with Gasteiger partial charge in [0.05, 0.1) is 20.0 Å². The highest BCUT2D eigenvalue weighted by Gasteiger charge is 2.26. The summed E-state index contributed by atoms with van der Waals surface area (Å²) in [6, 6.07) is 0. The number of imidazole rings is 1. The second-order valence-corrected chi connectivity index (χ2v) is 4.34. The molecule has 1 saturated heterocycles. The van der Waals surface area contributed by atoms with E-state index in [9.17, 15) is 4.79 Å². The zero-order valence-corrected chi connectivity index (χ0v) is 10.6. The number of nitrogens with zero attached hydrogens (tertiary/aromatic N) is 3. The summed E-state index contributed by atoms with van der Waals surface area (Å²) in [5.74, 6) is -0.283. The first-order chi connectivity index (χ1) is 8.79. The molecule has 0 N–H and O–H groups in total. The van der Waals surface area contributed by atoms with Crippen molar-refractivity contribution in [2.45, 2.75) is 19.1 Å². The third-order valence-electron chi connectivity index (χ3n) is 3.06. The largest absolute Gasteiger partial charge is 0.467 e. The molecule has 0 radical (unpaired) electrons. The summed E-state index contributed by atoms with van der Waals surface area (Å²) >= 11 is 0. The van der Waals surface area contributed by atoms with E-state index < -0.39 is 6.10 Å². The average Bonchev–Trinajstić information content (AvgIpc) is 2.91. The smallest absolute Gasteiger partial charge is 0.336 e. The maximum Gasteiger partial charge on any atom is 0.336 e. The summed E-state index contributed by atoms with van der Waals surface area (Å²) in [6.45, 7) is 3.98. The number of aryl methyl sites for hydroxylation is 1. The SMILES string of the molecule is COC(=O)C1CN(CCCn2ccnc2)CCO1. The Hall–Kier alpha value is -1.40. The van der Waals surface area contributed by atoms with Gasteiger partial charge in [0.1, 0.15) is 0 Å². The summed E-state index contributed by atoms with van der Waals surface area (Å²) in [4.78, 5) is 17.6. The number of hydrogen-bond donors (Lipinski definition) is 0. The van der Waals surface area contributed by atoms with Crippen molar-refractivity contribution in [3.05, 3.63) is 18.7 Å². The Morgan fingerprint density at radius 1 is 1.56 bits per heavy atom. The summed E-state index contributed by atoms with van der Waals surface area (Å²) in [5, 5.41) is 0. The second kappa shape index (κ2) is 6.51. The van der Waals surface area contributed by atoms with Crippen molar-refractivity contribution in [2.24, 2.45) is 0 Å². The molecule has 1 aromatic rings. The van der Waals surface area contributed by atoms with Crippen LogP contribution in [0.15, 0.2) is 18.7 Å². The van der Waals surface area contributed by atoms with Gasteiger partial charge in [0, 0.05) is 38.6 Å². The van der Waals surface area contributed by atoms with Crippen LogP contribution in [0.5, 0.6) is 0 Å². The molecule has 0 amide bonds. The highest BCUT2D eigenvalue weighted by atomic mass is 16.6. The van der Waals surface area contributed by atoms with Crippen LogP contribution in [0.2, 0.25) is 0 Å². The quantitative estimate of drug-likeness (QED) is 0.699. The fourth-order valence-electron chi connectivity index (χ4n) is 2.08. The van der Waals surface area contributed by atoms with E-state index in [1.54, 1.807) is 6.20 Å². The molecule has 1 atom stereocenters. The fourth-order valence-corrected chi connectivity index (χ4v) is 2.08. The van der Waals surface area contributed by atoms with Crippen LogP contribution in [0, 0.1) is 0 Å². The first-order valence-corrected chi connectivity index (χ1v) is 6.17. The van der Waals surface area contributed by atoms with Gasteiger partial charge in [0.2, 0.25) is 0 Å². The van der Waals surface area contributed by atoms with Gasteiger partial charge in [0.15, 0.2) is 6.10 Å². The number of ether oxygens (including phenoxy) is 2. The number of methoxy groups -OCH3 is 1. The van der Waals surface area contributed by atoms with E-state index in [1.165, 1.54) is 7.11 Å². The topological polar surface area (TPSA) is 56.6 Å². The molecular formula is C12H19N3O3. The molecule has 1 aliphatic rings. The van der Waals surface area contributed by atoms with Crippen LogP contribution in [0.25, 0.3) is 0 Å². The maximum absolute atomic E-state index is 11.4. The van der Waals surface area contributed by atoms with E-state index in [0.29, 0.717) is 13.2 Å². The van der Waals surface area contributed by atoms with Gasteiger partial charge >= 0.3 is 5.97 Å². The standard InChI is InChI=1S/C12H19N3O3/c1-17-12(16)11-9-14(7-8-18-11)4-2-5-15-6-3-13-10-15/h3,6,10-11H,2,4-5,7-9H2,1H3. The van der Waals surface area contributed by atoms with Crippen molar-refractivity contribution in [3.63, 3.8) is 0 Å². The molecule has 0 spiro atoms. The number of morpholine rings is 1. The van der Waals surface area contributed by atoms with Crippen LogP contribution in [0.1, 0.15) is 6.42 Å². The van der Waals surface area contributed by atoms with Gasteiger partial charge in [0.25, 0.3) is 0 Å². The van der Waals surface area contributed by atoms with Gasteiger partial charge < -0.3 is 14.0 Å². The molecule has 6 nitrogen and oxygen atoms in total. The molecule has 2 heterocycles. The van der Waals surface area contributed by atoms with Crippen molar-refractivity contribution in [1.29, 1.82) is 0 Å². The van der Waals surface area contributed by atoms with Crippen LogP contribution in [0.4, 0.5) is 0 Å². The highest BCUT2D eigenvalue weighted by Crippen LogP contribution is 2.07. The van der Waals surface area contributed by atoms with Crippen molar-refractivity contribution in [2.75, 3.05) is 33.4 Å². The van der Waals surface area contributed by atoms with Crippen LogP contribution in [-0.2, 0) is 20.8 Å². The molecule has 0 aromatic carbocycles. The van der Waals surface area contributed by atoms with E-state index in [1.807, 2.05) is 12.5 Å². The molecule has 1 aromatic heterocycles. The van der Waals surface area contributed by atoms with E-state index >= 15 is 0 Å². The number of rotatable bonds is 5. The molecule has 18 heavy (non-hydrogen) atoms. The Labute approximate surface area is 106 Å². The highest BCUT2D eigenvalue weighted by molar-refractivity contribution is 5.74. The van der Waals surface area contributed by atoms with Crippen molar-refractivity contribution >= 4 is 5.97 Å². The first kappa shape index (κ1) is 13.0. The number of hydrogen-bond acceptors (Lipinski definition) is 5. The van der Waals surface area contributed by atoms with Crippen molar-refractivity contribution in [1.82, 2.24) is 14.5 Å². The summed E-state index contributed by atoms with van der Waals surface area (Å²) in [5.41, 5.74) is 0. The van der Waals surface area contributed by atoms with Gasteiger partial charge in [-0.2, -0.15) is 0 Å². The van der Waals surface area contributed by atoms with E-state index in [0.717, 1.165) is 26.1 Å². The summed E-state index contributed by atoms with van der Waals surface area (Å²) in [6.07, 6.45) is 6.15. The first-order valence-electron chi connectivity index (χ1n) is 6.17. The lowest BCUT2D eigenvalue weighted by atomic mass is 10.2. The molecule has 100 valence electrons. The Morgan fingerprint density at radius 2 is 2.44 bits per heavy atom. The zero-order chi connectivity index (χ0) is 12.8. The van der Waals surface area contributed by atoms with Crippen molar-refractivity contribution in [3.8, 4) is 0 Å². The zero-order valence-electron chi connectivity index (χ0n) is 10.6. The minimum atomic E-state index is -0.433. The summed E-state index contributed by atoms with van der Waals surface area (Å²) < 4.78 is 12.1. The Balaban J connectivity index is 1.71. The summed E-state index contributed by atoms with van der Waals surface area (Å²) in [7, 11) is 1.39. The lowest BCUT2D eigenvalue weighted by Gasteiger charge is -2.31. The molecule has 0 bridgehead atoms. The number of carbonyl (C=O) groups is 1. The monoisotopic (exact) mass is 253 g/mol. The van der Waals surface area contributed by atoms with Gasteiger partial charge in [-0.15, -0.1) is 0 Å². The van der Waals surface area contributed by atoms with E-state index in [4.69, 9.17) is 9.47 Å². The lowest BCUT2D eigenvalue weighted by molar-refractivity contribution is -0.159. The average molecular weight is 253 g/mol. The molecule has 1 unspecified atom stereocenters. The second-order valence-electron chi connectivity index (χ2n) is 4.34. The number of carbonyl (C=O) groups excluding carboxylic acids is 1. The lowest BCUT2D eigenvalue weighted by Crippen LogP contribution is -2.46. The Morgan fingerprint density at radius 3 is 3.17 bits per heavy atom. The minimum absolute atomic E-state index is 0.283. The van der Waals surface area contributed by atoms with Gasteiger partial charge in [-0.1, -0.05) is 0 Å². The Bertz CT molecular complexity index is 367. The number of esters is 1. The van der Waals surface area contributed by atoms with E-state index in [-0.39, 0.29) is 5.97 Å². The normalized spacial score (nSPS) is 20.8. The number of aromatic nitrogens is 2. The van der Waals surface area contributed by atoms with Crippen molar-refractivity contribution < 1.29 is 14.3 Å². The van der Waals surface area contributed by atoms with Crippen LogP contribution < -0.4 is 0 Å². The molecule has 1 aliphatic heterocycles. The Kier molecular flexibility index (Phi) is 4.72. The van der Waals surface area contributed by atoms with E-state index in [2.05, 4.69) is 14.5 Å². The van der Waals surface area contributed by atoms with Gasteiger partial charge in [-0.05, 0) is 6.42 Å². The molecule has 1 fully saturated rings. The van der Waals surface area contributed by atoms with Crippen LogP contribution in [-0.4, -0.2) is 59.9 Å². The van der Waals surface area contributed by atoms with Crippen LogP contribution in [0.3, 0.4) is 0 Å². The maximum atomic E-state index is 11.4. The third-order valence-corrected chi connectivity index (χ3v) is 3.06. The van der Waals surface area contributed by atoms with Gasteiger partial charge in [-0.25, -0.2) is 9.78 Å². The minimum Gasteiger partial charge on any atom is -0.467 e. The molecular weight excluding hydrogens is 234 g/mol. The molecule has 2 rings (SSSR count). The van der Waals surface area contributed by atoms with Gasteiger partial charge in [-0.3, -0.25) is 4.90 Å². The third kappa shape index (κ3) is 3.54. The molecule has 0 aliphatic carbocycles. The fraction of sp³-hybridized carbons (Fsp3) is 0.667. The predicted molar refractivity (Wildman–Crippen MR) is 65.0 cm³/mol. The van der Waals surface area contributed by atoms with Crippen LogP contribution >= 0.6 is 0 Å². The molecule has 6 heteroatoms. The molecule has 0 saturated carbocycles. The predicted octanol–water partition coefficient (Wildman–Crippen LogP) is 0.147.